The molecule has 2 aliphatic carbocycles. The number of alkyl carbamates (subject to hydrolysis) is 1. The van der Waals surface area contributed by atoms with Crippen molar-refractivity contribution in [3.63, 3.8) is 0 Å². The fourth-order valence-corrected chi connectivity index (χ4v) is 6.58. The lowest BCUT2D eigenvalue weighted by molar-refractivity contribution is -0.141. The van der Waals surface area contributed by atoms with Gasteiger partial charge < -0.3 is 25.4 Å². The molecule has 0 aromatic carbocycles. The number of amides is 4. The Labute approximate surface area is 230 Å². The van der Waals surface area contributed by atoms with Gasteiger partial charge in [0, 0.05) is 18.9 Å². The van der Waals surface area contributed by atoms with Gasteiger partial charge in [0.25, 0.3) is 5.91 Å². The van der Waals surface area contributed by atoms with Crippen LogP contribution in [0.4, 0.5) is 4.79 Å². The van der Waals surface area contributed by atoms with Crippen molar-refractivity contribution in [2.45, 2.75) is 113 Å². The van der Waals surface area contributed by atoms with Crippen LogP contribution < -0.4 is 15.4 Å². The van der Waals surface area contributed by atoms with Crippen LogP contribution >= 0.6 is 0 Å². The van der Waals surface area contributed by atoms with E-state index in [4.69, 9.17) is 11.3 Å². The molecule has 5 atom stereocenters. The quantitative estimate of drug-likeness (QED) is 0.352. The number of nitrogens with zero attached hydrogens (tertiary/aromatic N) is 1. The van der Waals surface area contributed by atoms with Crippen molar-refractivity contribution in [2.75, 3.05) is 6.54 Å². The zero-order valence-corrected chi connectivity index (χ0v) is 23.6. The molecular weight excluding hydrogens is 528 g/mol. The highest BCUT2D eigenvalue weighted by molar-refractivity contribution is 7.91. The van der Waals surface area contributed by atoms with Crippen LogP contribution in [0, 0.1) is 5.92 Å². The maximum Gasteiger partial charge on any atom is 0.408 e. The second-order valence-corrected chi connectivity index (χ2v) is 14.0. The molecule has 2 heterocycles. The Hall–Kier alpha value is -2.67. The van der Waals surface area contributed by atoms with Crippen LogP contribution in [0.5, 0.6) is 0 Å². The van der Waals surface area contributed by atoms with Crippen molar-refractivity contribution in [3.8, 4) is 0 Å². The molecule has 2 saturated carbocycles. The Bertz CT molecular complexity index is 1150. The highest BCUT2D eigenvalue weighted by atomic mass is 32.2. The number of ether oxygens (including phenoxy) is 1. The van der Waals surface area contributed by atoms with E-state index >= 15 is 0 Å². The molecule has 218 valence electrons. The predicted octanol–water partition coefficient (Wildman–Crippen LogP) is 0.845. The maximum absolute atomic E-state index is 13.7. The number of hydrogen-bond donors (Lipinski definition) is 4. The lowest BCUT2D eigenvalue weighted by Gasteiger charge is -2.30. The van der Waals surface area contributed by atoms with Gasteiger partial charge in [0.2, 0.25) is 23.3 Å². The third-order valence-electron chi connectivity index (χ3n) is 7.53. The molecule has 39 heavy (non-hydrogen) atoms. The van der Waals surface area contributed by atoms with Crippen LogP contribution in [0.25, 0.3) is 0 Å². The van der Waals surface area contributed by atoms with Crippen molar-refractivity contribution in [2.24, 2.45) is 5.92 Å². The van der Waals surface area contributed by atoms with Crippen molar-refractivity contribution in [3.05, 3.63) is 12.2 Å². The lowest BCUT2D eigenvalue weighted by Crippen LogP contribution is -2.58. The number of aliphatic hydroxyl groups excluding tert-OH is 1. The Morgan fingerprint density at radius 2 is 1.95 bits per heavy atom. The minimum atomic E-state index is -3.84. The third-order valence-corrected chi connectivity index (χ3v) is 9.35. The first-order valence-electron chi connectivity index (χ1n) is 14.1. The van der Waals surface area contributed by atoms with Crippen LogP contribution in [0.3, 0.4) is 0 Å². The average molecular weight is 571 g/mol. The van der Waals surface area contributed by atoms with Gasteiger partial charge in [-0.25, -0.2) is 13.2 Å². The van der Waals surface area contributed by atoms with Gasteiger partial charge in [0.15, 0.2) is 0 Å². The van der Waals surface area contributed by atoms with Gasteiger partial charge in [-0.1, -0.05) is 25.0 Å². The molecule has 0 spiro atoms. The topological polar surface area (TPSA) is 171 Å². The predicted molar refractivity (Wildman–Crippen MR) is 141 cm³/mol. The number of fused-ring (bicyclic) bond motifs is 2. The number of aliphatic hydroxyl groups is 1. The number of nitrogens with one attached hydrogen (secondary N) is 3. The van der Waals surface area contributed by atoms with E-state index in [0.29, 0.717) is 32.1 Å². The molecule has 3 fully saturated rings. The minimum absolute atomic E-state index is 0.0127. The first-order chi connectivity index (χ1) is 18.8. The first kappa shape index (κ1) is 27.9. The van der Waals surface area contributed by atoms with E-state index < -0.39 is 74.3 Å². The smallest absolute Gasteiger partial charge is 0.408 e. The number of carbonyl (C=O) groups is 4. The summed E-state index contributed by atoms with van der Waals surface area (Å²) in [7, 11) is -3.84. The molecule has 0 radical (unpaired) electrons. The van der Waals surface area contributed by atoms with E-state index in [1.54, 1.807) is 20.8 Å². The Balaban J connectivity index is 1.58. The molecule has 4 N–H and O–H groups in total. The molecule has 13 heteroatoms. The van der Waals surface area contributed by atoms with E-state index in [-0.39, 0.29) is 19.4 Å². The Kier molecular flexibility index (Phi) is 7.91. The van der Waals surface area contributed by atoms with Gasteiger partial charge in [0.1, 0.15) is 23.2 Å². The van der Waals surface area contributed by atoms with Crippen molar-refractivity contribution >= 4 is 33.8 Å². The van der Waals surface area contributed by atoms with E-state index in [1.165, 1.54) is 4.90 Å². The molecule has 0 aromatic rings. The van der Waals surface area contributed by atoms with Gasteiger partial charge in [-0.05, 0) is 59.3 Å². The standard InChI is InChI=1S/C26H40N4O8S/c1-25(2,3)38-24(35)27-19-10-8-6-4-5-7-9-16-14-26(16,23(34)29-39(36,37)18-11-12-18)28-21(32)20-13-17(31)15-30(20)22(19)33/h7,9,16-20,31H,4-6,8,10-15H2,1-3H3,(H,27,35)(H,28,32)(H,29,34)/b9-7-/t16-,17-,19+,20+,26-/m1/s1/i31T. The van der Waals surface area contributed by atoms with Crippen LogP contribution in [0.1, 0.15) is 78.6 Å². The molecule has 0 aromatic heterocycles. The molecular formula is C26H40N4O8S. The summed E-state index contributed by atoms with van der Waals surface area (Å²) in [4.78, 5) is 54.5. The molecule has 12 nitrogen and oxygen atoms in total. The first-order valence-corrected chi connectivity index (χ1v) is 15.3. The van der Waals surface area contributed by atoms with E-state index in [9.17, 15) is 27.6 Å². The summed E-state index contributed by atoms with van der Waals surface area (Å²) in [6, 6.07) is -2.05. The number of allylic oxidation sites excluding steroid dienone is 1. The summed E-state index contributed by atoms with van der Waals surface area (Å²) in [6.45, 7) is 5.08. The zero-order chi connectivity index (χ0) is 29.3. The van der Waals surface area contributed by atoms with Gasteiger partial charge in [0.05, 0.1) is 11.4 Å². The highest BCUT2D eigenvalue weighted by Crippen LogP contribution is 2.46. The largest absolute Gasteiger partial charge is 0.444 e. The maximum atomic E-state index is 13.7. The Morgan fingerprint density at radius 3 is 2.62 bits per heavy atom. The van der Waals surface area contributed by atoms with Gasteiger partial charge >= 0.3 is 6.09 Å². The Morgan fingerprint density at radius 1 is 1.21 bits per heavy atom. The number of sulfonamides is 1. The van der Waals surface area contributed by atoms with Crippen LogP contribution in [0.15, 0.2) is 12.2 Å². The summed E-state index contributed by atoms with van der Waals surface area (Å²) in [5, 5.41) is 9.53. The number of hydrogen-bond acceptors (Lipinski definition) is 8. The molecule has 4 aliphatic rings. The fourth-order valence-electron chi connectivity index (χ4n) is 5.21. The van der Waals surface area contributed by atoms with E-state index in [0.717, 1.165) is 12.8 Å². The molecule has 0 unspecified atom stereocenters. The molecule has 0 bridgehead atoms. The third kappa shape index (κ3) is 7.10. The monoisotopic (exact) mass is 570 g/mol. The van der Waals surface area contributed by atoms with Crippen molar-refractivity contribution in [1.82, 2.24) is 20.3 Å². The summed E-state index contributed by atoms with van der Waals surface area (Å²) in [6.07, 6.45) is 6.71. The normalized spacial score (nSPS) is 33.3. The lowest BCUT2D eigenvalue weighted by atomic mass is 10.0. The fraction of sp³-hybridized carbons (Fsp3) is 0.769. The zero-order valence-electron chi connectivity index (χ0n) is 23.7. The van der Waals surface area contributed by atoms with E-state index in [1.807, 2.05) is 12.2 Å². The van der Waals surface area contributed by atoms with Gasteiger partial charge in [-0.15, -0.1) is 0 Å². The second kappa shape index (κ2) is 11.1. The average Bonchev–Trinajstić information content (AvgIpc) is 3.77. The highest BCUT2D eigenvalue weighted by Gasteiger charge is 2.62. The number of rotatable bonds is 5. The molecule has 4 rings (SSSR count). The van der Waals surface area contributed by atoms with Crippen molar-refractivity contribution in [1.29, 1.82) is 1.43 Å². The summed E-state index contributed by atoms with van der Waals surface area (Å²) < 4.78 is 39.9. The summed E-state index contributed by atoms with van der Waals surface area (Å²) >= 11 is 0. The molecule has 4 amide bonds. The van der Waals surface area contributed by atoms with Crippen LogP contribution in [-0.4, -0.2) is 84.8 Å². The van der Waals surface area contributed by atoms with E-state index in [2.05, 4.69) is 15.4 Å². The SMILES string of the molecule is [3H]O[C@@H]1C[C@H]2C(=O)N[C@]3(C(=O)NS(=O)(=O)C4CC4)C[C@H]3/C=C\CCCCC[C@H](NC(=O)OC(C)(C)C)C(=O)N2C1. The molecule has 2 aliphatic heterocycles. The van der Waals surface area contributed by atoms with Gasteiger partial charge in [-0.2, -0.15) is 0 Å². The van der Waals surface area contributed by atoms with Crippen LogP contribution in [0.2, 0.25) is 0 Å². The van der Waals surface area contributed by atoms with Crippen LogP contribution in [-0.2, 0) is 29.1 Å². The minimum Gasteiger partial charge on any atom is -0.444 e. The molecule has 1 saturated heterocycles. The van der Waals surface area contributed by atoms with Crippen molar-refractivity contribution < 1.29 is 37.4 Å². The number of carbonyl (C=O) groups excluding carboxylic acids is 4. The second-order valence-electron chi connectivity index (χ2n) is 12.1. The summed E-state index contributed by atoms with van der Waals surface area (Å²) in [5.74, 6) is -2.35. The summed E-state index contributed by atoms with van der Waals surface area (Å²) in [5.41, 5.74) is -2.24. The van der Waals surface area contributed by atoms with Gasteiger partial charge in [-0.3, -0.25) is 19.1 Å².